The van der Waals surface area contributed by atoms with Crippen LogP contribution in [-0.2, 0) is 0 Å². The minimum atomic E-state index is -0.415. The van der Waals surface area contributed by atoms with Gasteiger partial charge in [0.2, 0.25) is 0 Å². The summed E-state index contributed by atoms with van der Waals surface area (Å²) in [6.07, 6.45) is -0.415. The first-order valence-electron chi connectivity index (χ1n) is 6.50. The van der Waals surface area contributed by atoms with Gasteiger partial charge in [-0.2, -0.15) is 0 Å². The van der Waals surface area contributed by atoms with E-state index in [2.05, 4.69) is 5.32 Å². The van der Waals surface area contributed by atoms with Crippen molar-refractivity contribution in [3.05, 3.63) is 39.4 Å². The zero-order valence-corrected chi connectivity index (χ0v) is 11.9. The van der Waals surface area contributed by atoms with Crippen molar-refractivity contribution in [1.29, 1.82) is 0 Å². The van der Waals surface area contributed by atoms with Gasteiger partial charge in [0.25, 0.3) is 5.69 Å². The Bertz CT molecular complexity index is 446. The maximum absolute atomic E-state index is 10.9. The first-order valence-corrected chi connectivity index (χ1v) is 6.50. The van der Waals surface area contributed by atoms with Gasteiger partial charge in [-0.3, -0.25) is 10.1 Å². The van der Waals surface area contributed by atoms with Crippen LogP contribution in [0.4, 0.5) is 5.69 Å². The number of benzene rings is 1. The van der Waals surface area contributed by atoms with Gasteiger partial charge < -0.3 is 10.4 Å². The smallest absolute Gasteiger partial charge is 0.272 e. The molecule has 0 amide bonds. The van der Waals surface area contributed by atoms with E-state index in [9.17, 15) is 15.2 Å². The number of aliphatic hydroxyl groups is 1. The van der Waals surface area contributed by atoms with E-state index in [1.54, 1.807) is 13.0 Å². The Morgan fingerprint density at radius 2 is 2.00 bits per heavy atom. The van der Waals surface area contributed by atoms with E-state index >= 15 is 0 Å². The van der Waals surface area contributed by atoms with E-state index in [1.165, 1.54) is 6.07 Å². The van der Waals surface area contributed by atoms with Crippen LogP contribution in [0.25, 0.3) is 0 Å². The molecule has 2 unspecified atom stereocenters. The van der Waals surface area contributed by atoms with Crippen molar-refractivity contribution in [2.24, 2.45) is 5.92 Å². The lowest BCUT2D eigenvalue weighted by Gasteiger charge is -2.20. The molecule has 2 N–H and O–H groups in total. The van der Waals surface area contributed by atoms with E-state index in [4.69, 9.17) is 0 Å². The molecule has 1 rings (SSSR count). The molecule has 5 nitrogen and oxygen atoms in total. The standard InChI is InChI=1S/C14H22N2O3/c1-9(2)14(17)8-15-11(4)12-6-5-7-13(10(12)3)16(18)19/h5-7,9,11,14-15,17H,8H2,1-4H3. The Hall–Kier alpha value is -1.46. The SMILES string of the molecule is Cc1c(C(C)NCC(O)C(C)C)cccc1[N+](=O)[O-]. The van der Waals surface area contributed by atoms with E-state index in [0.717, 1.165) is 5.56 Å². The molecule has 1 aromatic rings. The molecule has 0 heterocycles. The average Bonchev–Trinajstić information content (AvgIpc) is 2.35. The van der Waals surface area contributed by atoms with E-state index < -0.39 is 6.10 Å². The molecule has 0 aliphatic carbocycles. The molecule has 0 spiro atoms. The normalized spacial score (nSPS) is 14.4. The first-order chi connectivity index (χ1) is 8.84. The predicted molar refractivity (Wildman–Crippen MR) is 75.1 cm³/mol. The lowest BCUT2D eigenvalue weighted by molar-refractivity contribution is -0.385. The molecular weight excluding hydrogens is 244 g/mol. The van der Waals surface area contributed by atoms with Gasteiger partial charge in [-0.05, 0) is 25.3 Å². The van der Waals surface area contributed by atoms with Gasteiger partial charge in [0.05, 0.1) is 11.0 Å². The second kappa shape index (κ2) is 6.63. The highest BCUT2D eigenvalue weighted by Gasteiger charge is 2.18. The fourth-order valence-corrected chi connectivity index (χ4v) is 1.95. The van der Waals surface area contributed by atoms with Crippen molar-refractivity contribution in [2.45, 2.75) is 39.8 Å². The highest BCUT2D eigenvalue weighted by molar-refractivity contribution is 5.45. The zero-order valence-electron chi connectivity index (χ0n) is 11.9. The van der Waals surface area contributed by atoms with Gasteiger partial charge in [0.1, 0.15) is 0 Å². The third kappa shape index (κ3) is 4.01. The Balaban J connectivity index is 2.80. The monoisotopic (exact) mass is 266 g/mol. The van der Waals surface area contributed by atoms with Crippen LogP contribution in [0.2, 0.25) is 0 Å². The Morgan fingerprint density at radius 1 is 1.37 bits per heavy atom. The molecule has 1 aromatic carbocycles. The van der Waals surface area contributed by atoms with Gasteiger partial charge in [0, 0.05) is 24.2 Å². The van der Waals surface area contributed by atoms with Crippen LogP contribution in [0.3, 0.4) is 0 Å². The number of hydrogen-bond acceptors (Lipinski definition) is 4. The van der Waals surface area contributed by atoms with Crippen molar-refractivity contribution >= 4 is 5.69 Å². The number of nitrogens with one attached hydrogen (secondary N) is 1. The van der Waals surface area contributed by atoms with Gasteiger partial charge in [0.15, 0.2) is 0 Å². The summed E-state index contributed by atoms with van der Waals surface area (Å²) < 4.78 is 0. The van der Waals surface area contributed by atoms with Crippen LogP contribution in [0.5, 0.6) is 0 Å². The lowest BCUT2D eigenvalue weighted by Crippen LogP contribution is -2.32. The third-order valence-electron chi connectivity index (χ3n) is 3.41. The van der Waals surface area contributed by atoms with Crippen LogP contribution < -0.4 is 5.32 Å². The van der Waals surface area contributed by atoms with Crippen LogP contribution in [0.1, 0.15) is 37.9 Å². The summed E-state index contributed by atoms with van der Waals surface area (Å²) in [7, 11) is 0. The molecule has 0 aliphatic heterocycles. The fraction of sp³-hybridized carbons (Fsp3) is 0.571. The van der Waals surface area contributed by atoms with E-state index in [0.29, 0.717) is 12.1 Å². The minimum Gasteiger partial charge on any atom is -0.392 e. The maximum Gasteiger partial charge on any atom is 0.272 e. The molecule has 106 valence electrons. The highest BCUT2D eigenvalue weighted by atomic mass is 16.6. The molecule has 0 radical (unpaired) electrons. The lowest BCUT2D eigenvalue weighted by atomic mass is 10.00. The molecule has 0 aliphatic rings. The van der Waals surface area contributed by atoms with Crippen LogP contribution in [0.15, 0.2) is 18.2 Å². The molecule has 0 saturated heterocycles. The largest absolute Gasteiger partial charge is 0.392 e. The predicted octanol–water partition coefficient (Wildman–Crippen LogP) is 2.57. The summed E-state index contributed by atoms with van der Waals surface area (Å²) in [5.74, 6) is 0.186. The van der Waals surface area contributed by atoms with Gasteiger partial charge in [-0.25, -0.2) is 0 Å². The second-order valence-corrected chi connectivity index (χ2v) is 5.19. The van der Waals surface area contributed by atoms with Crippen LogP contribution in [0, 0.1) is 23.0 Å². The number of nitro groups is 1. The van der Waals surface area contributed by atoms with Crippen molar-refractivity contribution < 1.29 is 10.0 Å². The summed E-state index contributed by atoms with van der Waals surface area (Å²) in [6, 6.07) is 5.04. The van der Waals surface area contributed by atoms with Crippen LogP contribution >= 0.6 is 0 Å². The first kappa shape index (κ1) is 15.6. The number of rotatable bonds is 6. The van der Waals surface area contributed by atoms with E-state index in [1.807, 2.05) is 26.8 Å². The van der Waals surface area contributed by atoms with Crippen molar-refractivity contribution in [1.82, 2.24) is 5.32 Å². The third-order valence-corrected chi connectivity index (χ3v) is 3.41. The van der Waals surface area contributed by atoms with Gasteiger partial charge in [-0.1, -0.05) is 26.0 Å². The van der Waals surface area contributed by atoms with E-state index in [-0.39, 0.29) is 22.6 Å². The quantitative estimate of drug-likeness (QED) is 0.613. The molecule has 0 saturated carbocycles. The summed E-state index contributed by atoms with van der Waals surface area (Å²) in [5, 5.41) is 23.9. The van der Waals surface area contributed by atoms with Crippen molar-refractivity contribution in [3.8, 4) is 0 Å². The Kier molecular flexibility index (Phi) is 5.44. The summed E-state index contributed by atoms with van der Waals surface area (Å²) in [6.45, 7) is 8.08. The average molecular weight is 266 g/mol. The topological polar surface area (TPSA) is 75.4 Å². The number of nitrogens with zero attached hydrogens (tertiary/aromatic N) is 1. The molecule has 5 heteroatoms. The number of aliphatic hydroxyl groups excluding tert-OH is 1. The highest BCUT2D eigenvalue weighted by Crippen LogP contribution is 2.25. The van der Waals surface area contributed by atoms with Gasteiger partial charge >= 0.3 is 0 Å². The maximum atomic E-state index is 10.9. The molecular formula is C14H22N2O3. The summed E-state index contributed by atoms with van der Waals surface area (Å²) >= 11 is 0. The van der Waals surface area contributed by atoms with Crippen molar-refractivity contribution in [3.63, 3.8) is 0 Å². The molecule has 0 aromatic heterocycles. The number of hydrogen-bond donors (Lipinski definition) is 2. The molecule has 0 bridgehead atoms. The second-order valence-electron chi connectivity index (χ2n) is 5.19. The fourth-order valence-electron chi connectivity index (χ4n) is 1.95. The minimum absolute atomic E-state index is 0.0340. The van der Waals surface area contributed by atoms with Crippen LogP contribution in [-0.4, -0.2) is 22.7 Å². The summed E-state index contributed by atoms with van der Waals surface area (Å²) in [5.41, 5.74) is 1.70. The van der Waals surface area contributed by atoms with Crippen molar-refractivity contribution in [2.75, 3.05) is 6.54 Å². The zero-order chi connectivity index (χ0) is 14.6. The van der Waals surface area contributed by atoms with Gasteiger partial charge in [-0.15, -0.1) is 0 Å². The number of nitro benzene ring substituents is 1. The summed E-state index contributed by atoms with van der Waals surface area (Å²) in [4.78, 5) is 10.5. The Morgan fingerprint density at radius 3 is 2.53 bits per heavy atom. The Labute approximate surface area is 113 Å². The molecule has 19 heavy (non-hydrogen) atoms. The molecule has 2 atom stereocenters. The molecule has 0 fully saturated rings.